The summed E-state index contributed by atoms with van der Waals surface area (Å²) in [4.78, 5) is 39.2. The number of nitrogens with one attached hydrogen (secondary N) is 1. The van der Waals surface area contributed by atoms with Crippen LogP contribution in [0.4, 0.5) is 0 Å². The topological polar surface area (TPSA) is 88.8 Å². The Bertz CT molecular complexity index is 845. The Morgan fingerprint density at radius 3 is 2.64 bits per heavy atom. The first-order chi connectivity index (χ1) is 13.6. The van der Waals surface area contributed by atoms with Crippen LogP contribution in [0.3, 0.4) is 0 Å². The van der Waals surface area contributed by atoms with Crippen LogP contribution in [-0.4, -0.2) is 35.3 Å². The standard InChI is InChI=1S/C21H22N2O5/c24-18-11-15(12-23(18)13-17-7-4-10-27-17)21(26)28-19(14-5-2-1-3-6-14)20(25)22-16-8-9-16/h1-7,10,15-16,19H,8-9,11-13H2,(H,22,25)/t15-,19+/m1/s1. The molecule has 4 rings (SSSR count). The van der Waals surface area contributed by atoms with Crippen molar-refractivity contribution in [1.82, 2.24) is 10.2 Å². The van der Waals surface area contributed by atoms with Gasteiger partial charge in [-0.3, -0.25) is 14.4 Å². The van der Waals surface area contributed by atoms with Gasteiger partial charge in [0, 0.05) is 24.6 Å². The number of furan rings is 1. The molecule has 0 unspecified atom stereocenters. The number of ether oxygens (including phenoxy) is 1. The van der Waals surface area contributed by atoms with Crippen molar-refractivity contribution in [3.05, 3.63) is 60.1 Å². The quantitative estimate of drug-likeness (QED) is 0.742. The first-order valence-corrected chi connectivity index (χ1v) is 9.46. The number of nitrogens with zero attached hydrogens (tertiary/aromatic N) is 1. The van der Waals surface area contributed by atoms with Crippen molar-refractivity contribution in [2.75, 3.05) is 6.54 Å². The van der Waals surface area contributed by atoms with Gasteiger partial charge in [0.1, 0.15) is 5.76 Å². The molecule has 1 aromatic heterocycles. The molecule has 2 heterocycles. The van der Waals surface area contributed by atoms with E-state index >= 15 is 0 Å². The molecule has 7 heteroatoms. The van der Waals surface area contributed by atoms with Crippen molar-refractivity contribution >= 4 is 17.8 Å². The highest BCUT2D eigenvalue weighted by molar-refractivity contribution is 5.89. The fourth-order valence-corrected chi connectivity index (χ4v) is 3.29. The lowest BCUT2D eigenvalue weighted by molar-refractivity contribution is -0.160. The van der Waals surface area contributed by atoms with Crippen LogP contribution >= 0.6 is 0 Å². The zero-order valence-corrected chi connectivity index (χ0v) is 15.4. The van der Waals surface area contributed by atoms with Gasteiger partial charge in [-0.2, -0.15) is 0 Å². The Morgan fingerprint density at radius 2 is 1.96 bits per heavy atom. The first kappa shape index (κ1) is 18.3. The highest BCUT2D eigenvalue weighted by Crippen LogP contribution is 2.27. The number of carbonyl (C=O) groups excluding carboxylic acids is 3. The van der Waals surface area contributed by atoms with E-state index in [0.29, 0.717) is 17.9 Å². The number of esters is 1. The normalized spacial score (nSPS) is 20.1. The summed E-state index contributed by atoms with van der Waals surface area (Å²) in [6.07, 6.45) is 2.50. The van der Waals surface area contributed by atoms with Crippen LogP contribution in [0.15, 0.2) is 53.1 Å². The Morgan fingerprint density at radius 1 is 1.18 bits per heavy atom. The average molecular weight is 382 g/mol. The van der Waals surface area contributed by atoms with E-state index in [1.54, 1.807) is 47.6 Å². The Hall–Kier alpha value is -3.09. The van der Waals surface area contributed by atoms with Gasteiger partial charge in [-0.15, -0.1) is 0 Å². The summed E-state index contributed by atoms with van der Waals surface area (Å²) >= 11 is 0. The molecule has 28 heavy (non-hydrogen) atoms. The van der Waals surface area contributed by atoms with Gasteiger partial charge in [-0.05, 0) is 25.0 Å². The molecule has 2 atom stereocenters. The number of benzene rings is 1. The van der Waals surface area contributed by atoms with Crippen molar-refractivity contribution in [3.63, 3.8) is 0 Å². The van der Waals surface area contributed by atoms with Gasteiger partial charge in [-0.1, -0.05) is 30.3 Å². The lowest BCUT2D eigenvalue weighted by Crippen LogP contribution is -2.35. The second-order valence-electron chi connectivity index (χ2n) is 7.27. The van der Waals surface area contributed by atoms with E-state index in [0.717, 1.165) is 12.8 Å². The van der Waals surface area contributed by atoms with Crippen molar-refractivity contribution in [3.8, 4) is 0 Å². The number of hydrogen-bond acceptors (Lipinski definition) is 5. The summed E-state index contributed by atoms with van der Waals surface area (Å²) in [6, 6.07) is 12.6. The highest BCUT2D eigenvalue weighted by atomic mass is 16.5. The monoisotopic (exact) mass is 382 g/mol. The van der Waals surface area contributed by atoms with Crippen LogP contribution in [-0.2, 0) is 25.7 Å². The number of amides is 2. The Labute approximate surface area is 162 Å². The second kappa shape index (κ2) is 7.88. The van der Waals surface area contributed by atoms with Crippen LogP contribution in [0.1, 0.15) is 36.7 Å². The van der Waals surface area contributed by atoms with E-state index in [9.17, 15) is 14.4 Å². The molecule has 1 aromatic carbocycles. The molecular formula is C21H22N2O5. The van der Waals surface area contributed by atoms with Gasteiger partial charge in [0.2, 0.25) is 12.0 Å². The molecule has 2 fully saturated rings. The van der Waals surface area contributed by atoms with Crippen LogP contribution < -0.4 is 5.32 Å². The molecule has 2 aliphatic rings. The lowest BCUT2D eigenvalue weighted by Gasteiger charge is -2.20. The first-order valence-electron chi connectivity index (χ1n) is 9.46. The Balaban J connectivity index is 1.42. The van der Waals surface area contributed by atoms with Gasteiger partial charge in [-0.25, -0.2) is 0 Å². The zero-order valence-electron chi connectivity index (χ0n) is 15.4. The van der Waals surface area contributed by atoms with E-state index in [1.165, 1.54) is 0 Å². The minimum absolute atomic E-state index is 0.0747. The van der Waals surface area contributed by atoms with Crippen molar-refractivity contribution in [2.24, 2.45) is 5.92 Å². The molecule has 7 nitrogen and oxygen atoms in total. The fraction of sp³-hybridized carbons (Fsp3) is 0.381. The maximum atomic E-state index is 12.7. The smallest absolute Gasteiger partial charge is 0.312 e. The van der Waals surface area contributed by atoms with E-state index in [1.807, 2.05) is 6.07 Å². The van der Waals surface area contributed by atoms with Gasteiger partial charge >= 0.3 is 5.97 Å². The highest BCUT2D eigenvalue weighted by Gasteiger charge is 2.38. The summed E-state index contributed by atoms with van der Waals surface area (Å²) in [6.45, 7) is 0.573. The van der Waals surface area contributed by atoms with Gasteiger partial charge in [0.25, 0.3) is 5.91 Å². The summed E-state index contributed by atoms with van der Waals surface area (Å²) in [5, 5.41) is 2.89. The van der Waals surface area contributed by atoms with Gasteiger partial charge < -0.3 is 19.4 Å². The molecule has 0 radical (unpaired) electrons. The van der Waals surface area contributed by atoms with Gasteiger partial charge in [0.15, 0.2) is 0 Å². The maximum absolute atomic E-state index is 12.7. The van der Waals surface area contributed by atoms with Crippen LogP contribution in [0.2, 0.25) is 0 Å². The average Bonchev–Trinajstić information content (AvgIpc) is 3.21. The third-order valence-electron chi connectivity index (χ3n) is 4.97. The minimum atomic E-state index is -1.01. The molecule has 1 aliphatic heterocycles. The molecule has 1 N–H and O–H groups in total. The fourth-order valence-electron chi connectivity index (χ4n) is 3.29. The van der Waals surface area contributed by atoms with Crippen LogP contribution in [0.5, 0.6) is 0 Å². The Kier molecular flexibility index (Phi) is 5.14. The third-order valence-corrected chi connectivity index (χ3v) is 4.97. The third kappa shape index (κ3) is 4.24. The summed E-state index contributed by atoms with van der Waals surface area (Å²) in [5.41, 5.74) is 0.616. The molecule has 1 saturated carbocycles. The van der Waals surface area contributed by atoms with E-state index in [4.69, 9.17) is 9.15 Å². The van der Waals surface area contributed by atoms with Crippen molar-refractivity contribution < 1.29 is 23.5 Å². The molecule has 2 aromatic rings. The molecule has 2 amide bonds. The molecular weight excluding hydrogens is 360 g/mol. The van der Waals surface area contributed by atoms with E-state index in [-0.39, 0.29) is 30.8 Å². The minimum Gasteiger partial charge on any atom is -0.467 e. The number of hydrogen-bond donors (Lipinski definition) is 1. The summed E-state index contributed by atoms with van der Waals surface area (Å²) in [7, 11) is 0. The predicted octanol–water partition coefficient (Wildman–Crippen LogP) is 2.19. The van der Waals surface area contributed by atoms with Gasteiger partial charge in [0.05, 0.1) is 18.7 Å². The maximum Gasteiger partial charge on any atom is 0.312 e. The predicted molar refractivity (Wildman–Crippen MR) is 98.7 cm³/mol. The second-order valence-corrected chi connectivity index (χ2v) is 7.27. The molecule has 0 spiro atoms. The summed E-state index contributed by atoms with van der Waals surface area (Å²) < 4.78 is 10.9. The van der Waals surface area contributed by atoms with E-state index in [2.05, 4.69) is 5.32 Å². The van der Waals surface area contributed by atoms with Crippen molar-refractivity contribution in [1.29, 1.82) is 0 Å². The SMILES string of the molecule is O=C(O[C@H](C(=O)NC1CC1)c1ccccc1)[C@@H]1CC(=O)N(Cc2ccco2)C1. The largest absolute Gasteiger partial charge is 0.467 e. The van der Waals surface area contributed by atoms with E-state index < -0.39 is 18.0 Å². The lowest BCUT2D eigenvalue weighted by atomic mass is 10.1. The number of rotatable bonds is 7. The summed E-state index contributed by atoms with van der Waals surface area (Å²) in [5.74, 6) is -0.915. The molecule has 146 valence electrons. The van der Waals surface area contributed by atoms with Crippen LogP contribution in [0.25, 0.3) is 0 Å². The van der Waals surface area contributed by atoms with Crippen molar-refractivity contribution in [2.45, 2.75) is 38.0 Å². The van der Waals surface area contributed by atoms with Crippen LogP contribution in [0, 0.1) is 5.92 Å². The molecule has 0 bridgehead atoms. The molecule has 1 aliphatic carbocycles. The number of likely N-dealkylation sites (tertiary alicyclic amines) is 1. The molecule has 1 saturated heterocycles. The number of carbonyl (C=O) groups is 3. The zero-order chi connectivity index (χ0) is 19.5.